The summed E-state index contributed by atoms with van der Waals surface area (Å²) in [5, 5.41) is 4.09. The van der Waals surface area contributed by atoms with E-state index < -0.39 is 5.41 Å². The average molecular weight is 343 g/mol. The highest BCUT2D eigenvalue weighted by molar-refractivity contribution is 5.84. The number of para-hydroxylation sites is 1. The molecule has 0 unspecified atom stereocenters. The number of hydrogen-bond donors (Lipinski definition) is 3. The van der Waals surface area contributed by atoms with Gasteiger partial charge in [-0.05, 0) is 37.3 Å². The molecule has 6 nitrogen and oxygen atoms in total. The molecule has 0 spiro atoms. The fourth-order valence-corrected chi connectivity index (χ4v) is 3.41. The molecule has 0 bridgehead atoms. The first-order valence-corrected chi connectivity index (χ1v) is 8.80. The van der Waals surface area contributed by atoms with Crippen LogP contribution in [0.2, 0.25) is 0 Å². The van der Waals surface area contributed by atoms with Gasteiger partial charge in [-0.2, -0.15) is 0 Å². The van der Waals surface area contributed by atoms with E-state index in [1.165, 1.54) is 10.9 Å². The van der Waals surface area contributed by atoms with Crippen molar-refractivity contribution in [2.45, 2.75) is 32.1 Å². The van der Waals surface area contributed by atoms with Crippen molar-refractivity contribution in [3.8, 4) is 0 Å². The van der Waals surface area contributed by atoms with Crippen LogP contribution >= 0.6 is 0 Å². The molecule has 0 radical (unpaired) electrons. The van der Waals surface area contributed by atoms with Gasteiger partial charge in [0, 0.05) is 43.3 Å². The van der Waals surface area contributed by atoms with Gasteiger partial charge >= 0.3 is 0 Å². The number of aromatic amines is 1. The maximum absolute atomic E-state index is 12.1. The predicted molar refractivity (Wildman–Crippen MR) is 95.9 cm³/mol. The number of hydrogen-bond acceptors (Lipinski definition) is 3. The third-order valence-corrected chi connectivity index (χ3v) is 5.12. The van der Waals surface area contributed by atoms with Gasteiger partial charge in [0.1, 0.15) is 0 Å². The van der Waals surface area contributed by atoms with Crippen LogP contribution in [-0.2, 0) is 20.7 Å². The lowest BCUT2D eigenvalue weighted by molar-refractivity contribution is -0.134. The van der Waals surface area contributed by atoms with E-state index in [9.17, 15) is 9.59 Å². The van der Waals surface area contributed by atoms with Gasteiger partial charge in [-0.15, -0.1) is 0 Å². The third-order valence-electron chi connectivity index (χ3n) is 5.12. The molecule has 25 heavy (non-hydrogen) atoms. The highest BCUT2D eigenvalue weighted by atomic mass is 16.5. The molecule has 2 heterocycles. The van der Waals surface area contributed by atoms with Crippen LogP contribution in [0.3, 0.4) is 0 Å². The molecule has 3 rings (SSSR count). The number of nitrogens with one attached hydrogen (secondary N) is 2. The van der Waals surface area contributed by atoms with Crippen molar-refractivity contribution in [2.75, 3.05) is 19.8 Å². The average Bonchev–Trinajstić information content (AvgIpc) is 3.04. The highest BCUT2D eigenvalue weighted by Gasteiger charge is 2.38. The Labute approximate surface area is 147 Å². The van der Waals surface area contributed by atoms with Crippen molar-refractivity contribution < 1.29 is 14.3 Å². The summed E-state index contributed by atoms with van der Waals surface area (Å²) in [6.45, 7) is 1.33. The van der Waals surface area contributed by atoms with Gasteiger partial charge < -0.3 is 20.8 Å². The number of nitrogens with two attached hydrogens (primary N) is 1. The highest BCUT2D eigenvalue weighted by Crippen LogP contribution is 2.29. The van der Waals surface area contributed by atoms with Crippen molar-refractivity contribution in [3.05, 3.63) is 36.0 Å². The number of benzene rings is 1. The molecule has 1 aromatic carbocycles. The van der Waals surface area contributed by atoms with Gasteiger partial charge in [-0.3, -0.25) is 9.59 Å². The van der Waals surface area contributed by atoms with Gasteiger partial charge in [0.25, 0.3) is 0 Å². The number of rotatable bonds is 7. The van der Waals surface area contributed by atoms with Gasteiger partial charge in [-0.25, -0.2) is 0 Å². The Hall–Kier alpha value is -2.34. The lowest BCUT2D eigenvalue weighted by Gasteiger charge is -2.34. The Balaban J connectivity index is 1.47. The number of carbonyl (C=O) groups excluding carboxylic acids is 2. The second-order valence-electron chi connectivity index (χ2n) is 6.75. The van der Waals surface area contributed by atoms with Crippen molar-refractivity contribution in [1.29, 1.82) is 0 Å². The normalized spacial score (nSPS) is 16.6. The molecular weight excluding hydrogens is 318 g/mol. The Morgan fingerprint density at radius 1 is 1.24 bits per heavy atom. The van der Waals surface area contributed by atoms with Crippen LogP contribution in [0.15, 0.2) is 30.5 Å². The Morgan fingerprint density at radius 2 is 2.00 bits per heavy atom. The zero-order chi connectivity index (χ0) is 17.7. The van der Waals surface area contributed by atoms with Crippen LogP contribution in [0, 0.1) is 5.41 Å². The van der Waals surface area contributed by atoms with E-state index in [1.807, 2.05) is 24.4 Å². The summed E-state index contributed by atoms with van der Waals surface area (Å²) in [5.41, 5.74) is 7.23. The minimum atomic E-state index is -0.662. The topological polar surface area (TPSA) is 97.2 Å². The van der Waals surface area contributed by atoms with Crippen molar-refractivity contribution in [2.24, 2.45) is 11.1 Å². The van der Waals surface area contributed by atoms with Gasteiger partial charge in [0.2, 0.25) is 11.8 Å². The van der Waals surface area contributed by atoms with Crippen LogP contribution in [0.5, 0.6) is 0 Å². The number of amides is 2. The predicted octanol–water partition coefficient (Wildman–Crippen LogP) is 1.89. The molecule has 1 aliphatic rings. The second-order valence-corrected chi connectivity index (χ2v) is 6.75. The first kappa shape index (κ1) is 17.5. The zero-order valence-corrected chi connectivity index (χ0v) is 14.3. The van der Waals surface area contributed by atoms with E-state index in [4.69, 9.17) is 10.5 Å². The van der Waals surface area contributed by atoms with E-state index in [0.717, 1.165) is 18.4 Å². The smallest absolute Gasteiger partial charge is 0.225 e. The fourth-order valence-electron chi connectivity index (χ4n) is 3.41. The van der Waals surface area contributed by atoms with Gasteiger partial charge in [0.05, 0.1) is 5.41 Å². The summed E-state index contributed by atoms with van der Waals surface area (Å²) >= 11 is 0. The van der Waals surface area contributed by atoms with Crippen LogP contribution in [0.1, 0.15) is 31.2 Å². The lowest BCUT2D eigenvalue weighted by atomic mass is 9.79. The number of primary amides is 1. The Bertz CT molecular complexity index is 747. The molecule has 0 aliphatic carbocycles. The zero-order valence-electron chi connectivity index (χ0n) is 14.3. The minimum Gasteiger partial charge on any atom is -0.381 e. The van der Waals surface area contributed by atoms with Crippen LogP contribution in [0.25, 0.3) is 10.9 Å². The third kappa shape index (κ3) is 4.02. The summed E-state index contributed by atoms with van der Waals surface area (Å²) < 4.78 is 5.30. The van der Waals surface area contributed by atoms with Crippen LogP contribution in [0.4, 0.5) is 0 Å². The van der Waals surface area contributed by atoms with E-state index in [-0.39, 0.29) is 11.8 Å². The lowest BCUT2D eigenvalue weighted by Crippen LogP contribution is -2.49. The largest absolute Gasteiger partial charge is 0.381 e. The molecular formula is C19H25N3O3. The maximum atomic E-state index is 12.1. The second kappa shape index (κ2) is 7.70. The molecule has 0 saturated carbocycles. The van der Waals surface area contributed by atoms with Crippen molar-refractivity contribution in [3.63, 3.8) is 0 Å². The molecule has 2 aromatic rings. The van der Waals surface area contributed by atoms with E-state index in [1.54, 1.807) is 0 Å². The number of fused-ring (bicyclic) bond motifs is 1. The van der Waals surface area contributed by atoms with Gasteiger partial charge in [-0.1, -0.05) is 18.2 Å². The molecule has 1 fully saturated rings. The SMILES string of the molecule is NC(=O)C1(CNC(=O)CCCc2c[nH]c3ccccc23)CCOCC1. The molecule has 1 aliphatic heterocycles. The van der Waals surface area contributed by atoms with Crippen LogP contribution in [-0.4, -0.2) is 36.6 Å². The first-order chi connectivity index (χ1) is 12.1. The molecule has 1 saturated heterocycles. The summed E-state index contributed by atoms with van der Waals surface area (Å²) in [5.74, 6) is -0.387. The molecule has 1 aromatic heterocycles. The van der Waals surface area contributed by atoms with Gasteiger partial charge in [0.15, 0.2) is 0 Å². The summed E-state index contributed by atoms with van der Waals surface area (Å²) in [6, 6.07) is 8.15. The number of H-pyrrole nitrogens is 1. The monoisotopic (exact) mass is 343 g/mol. The fraction of sp³-hybridized carbons (Fsp3) is 0.474. The molecule has 6 heteroatoms. The Kier molecular flexibility index (Phi) is 5.38. The van der Waals surface area contributed by atoms with E-state index in [0.29, 0.717) is 39.0 Å². The number of ether oxygens (including phenoxy) is 1. The molecule has 0 atom stereocenters. The van der Waals surface area contributed by atoms with Crippen LogP contribution < -0.4 is 11.1 Å². The number of aromatic nitrogens is 1. The Morgan fingerprint density at radius 3 is 2.76 bits per heavy atom. The summed E-state index contributed by atoms with van der Waals surface area (Å²) in [6.07, 6.45) is 5.18. The molecule has 2 amide bonds. The molecule has 4 N–H and O–H groups in total. The minimum absolute atomic E-state index is 0.0352. The molecule has 134 valence electrons. The van der Waals surface area contributed by atoms with E-state index in [2.05, 4.69) is 16.4 Å². The van der Waals surface area contributed by atoms with Crippen molar-refractivity contribution in [1.82, 2.24) is 10.3 Å². The summed E-state index contributed by atoms with van der Waals surface area (Å²) in [4.78, 5) is 27.2. The first-order valence-electron chi connectivity index (χ1n) is 8.80. The number of aryl methyl sites for hydroxylation is 1. The number of carbonyl (C=O) groups is 2. The van der Waals surface area contributed by atoms with E-state index >= 15 is 0 Å². The summed E-state index contributed by atoms with van der Waals surface area (Å²) in [7, 11) is 0. The van der Waals surface area contributed by atoms with Crippen molar-refractivity contribution >= 4 is 22.7 Å². The maximum Gasteiger partial charge on any atom is 0.225 e. The quantitative estimate of drug-likeness (QED) is 0.716. The standard InChI is InChI=1S/C19H25N3O3/c20-18(24)19(8-10-25-11-9-19)13-22-17(23)7-3-4-14-12-21-16-6-2-1-5-15(14)16/h1-2,5-6,12,21H,3-4,7-11,13H2,(H2,20,24)(H,22,23).